The molecule has 1 N–H and O–H groups in total. The Morgan fingerprint density at radius 3 is 1.93 bits per heavy atom. The van der Waals surface area contributed by atoms with Crippen LogP contribution in [0.15, 0.2) is 10.1 Å². The van der Waals surface area contributed by atoms with E-state index in [0.29, 0.717) is 11.8 Å². The van der Waals surface area contributed by atoms with Crippen LogP contribution in [-0.2, 0) is 0 Å². The summed E-state index contributed by atoms with van der Waals surface area (Å²) in [5.41, 5.74) is 2.01. The lowest BCUT2D eigenvalue weighted by atomic mass is 9.68. The molecule has 2 unspecified atom stereocenters. The van der Waals surface area contributed by atoms with Crippen molar-refractivity contribution in [3.8, 4) is 0 Å². The molecule has 3 nitrogen and oxygen atoms in total. The summed E-state index contributed by atoms with van der Waals surface area (Å²) >= 11 is 0. The van der Waals surface area contributed by atoms with E-state index in [-0.39, 0.29) is 0 Å². The second-order valence-corrected chi connectivity index (χ2v) is 5.40. The Labute approximate surface area is 90.3 Å². The van der Waals surface area contributed by atoms with Gasteiger partial charge in [-0.3, -0.25) is 4.99 Å². The molecule has 2 atom stereocenters. The molecule has 4 saturated carbocycles. The summed E-state index contributed by atoms with van der Waals surface area (Å²) in [6, 6.07) is 0. The van der Waals surface area contributed by atoms with Gasteiger partial charge in [0.1, 0.15) is 5.71 Å². The Hall–Kier alpha value is -0.860. The van der Waals surface area contributed by atoms with E-state index in [1.807, 2.05) is 7.05 Å². The number of fused-ring (bicyclic) bond motifs is 1. The third-order valence-corrected chi connectivity index (χ3v) is 4.52. The first kappa shape index (κ1) is 9.37. The second kappa shape index (κ2) is 3.32. The van der Waals surface area contributed by atoms with Gasteiger partial charge in [0, 0.05) is 18.9 Å². The zero-order valence-electron chi connectivity index (χ0n) is 9.19. The molecule has 0 radical (unpaired) electrons. The van der Waals surface area contributed by atoms with Crippen LogP contribution in [0.2, 0.25) is 0 Å². The van der Waals surface area contributed by atoms with E-state index >= 15 is 0 Å². The van der Waals surface area contributed by atoms with Gasteiger partial charge in [-0.2, -0.15) is 0 Å². The molecule has 4 rings (SSSR count). The fourth-order valence-corrected chi connectivity index (χ4v) is 4.15. The van der Waals surface area contributed by atoms with Gasteiger partial charge < -0.3 is 5.21 Å². The van der Waals surface area contributed by atoms with Crippen LogP contribution in [-0.4, -0.2) is 23.7 Å². The Kier molecular flexibility index (Phi) is 2.08. The minimum Gasteiger partial charge on any atom is -0.411 e. The molecule has 15 heavy (non-hydrogen) atoms. The zero-order valence-corrected chi connectivity index (χ0v) is 9.19. The van der Waals surface area contributed by atoms with Gasteiger partial charge in [-0.05, 0) is 43.9 Å². The van der Waals surface area contributed by atoms with Crippen LogP contribution < -0.4 is 0 Å². The molecule has 3 heteroatoms. The molecule has 0 heterocycles. The van der Waals surface area contributed by atoms with E-state index in [0.717, 1.165) is 23.3 Å². The number of hydrogen-bond donors (Lipinski definition) is 1. The van der Waals surface area contributed by atoms with E-state index in [1.165, 1.54) is 32.1 Å². The van der Waals surface area contributed by atoms with Gasteiger partial charge in [0.2, 0.25) is 0 Å². The molecule has 82 valence electrons. The lowest BCUT2D eigenvalue weighted by molar-refractivity contribution is 0.153. The second-order valence-electron chi connectivity index (χ2n) is 5.40. The van der Waals surface area contributed by atoms with Gasteiger partial charge in [0.25, 0.3) is 0 Å². The van der Waals surface area contributed by atoms with Gasteiger partial charge in [-0.15, -0.1) is 0 Å². The minimum absolute atomic E-state index is 0.491. The Bertz CT molecular complexity index is 291. The van der Waals surface area contributed by atoms with Crippen molar-refractivity contribution in [1.29, 1.82) is 0 Å². The predicted octanol–water partition coefficient (Wildman–Crippen LogP) is 2.34. The molecule has 0 aromatic heterocycles. The van der Waals surface area contributed by atoms with Gasteiger partial charge in [-0.1, -0.05) is 5.16 Å². The monoisotopic (exact) mass is 206 g/mol. The van der Waals surface area contributed by atoms with Crippen LogP contribution in [0.1, 0.15) is 32.1 Å². The van der Waals surface area contributed by atoms with Crippen LogP contribution in [0.25, 0.3) is 0 Å². The molecule has 0 spiro atoms. The van der Waals surface area contributed by atoms with Crippen LogP contribution in [0.4, 0.5) is 0 Å². The van der Waals surface area contributed by atoms with Crippen molar-refractivity contribution in [3.05, 3.63) is 0 Å². The summed E-state index contributed by atoms with van der Waals surface area (Å²) in [6.45, 7) is 0. The van der Waals surface area contributed by atoms with Crippen molar-refractivity contribution in [2.24, 2.45) is 33.8 Å². The quantitative estimate of drug-likeness (QED) is 0.480. The Morgan fingerprint density at radius 1 is 0.933 bits per heavy atom. The van der Waals surface area contributed by atoms with Crippen LogP contribution in [0, 0.1) is 23.7 Å². The number of rotatable bonds is 0. The van der Waals surface area contributed by atoms with Crippen molar-refractivity contribution in [2.45, 2.75) is 32.1 Å². The molecule has 0 saturated heterocycles. The standard InChI is InChI=1S/C12H18N2O/c1-13-11-9-3-7-2-8(4-9)6-10(5-7)12(11)14-15/h7-10,15H,2-6H2,1H3/b13-11+,14-12-. The Morgan fingerprint density at radius 2 is 1.47 bits per heavy atom. The Balaban J connectivity index is 2.06. The van der Waals surface area contributed by atoms with Crippen LogP contribution >= 0.6 is 0 Å². The van der Waals surface area contributed by atoms with Gasteiger partial charge in [-0.25, -0.2) is 0 Å². The normalized spacial score (nSPS) is 48.9. The van der Waals surface area contributed by atoms with Crippen molar-refractivity contribution in [2.75, 3.05) is 7.05 Å². The van der Waals surface area contributed by atoms with Crippen molar-refractivity contribution in [3.63, 3.8) is 0 Å². The third-order valence-electron chi connectivity index (χ3n) is 4.52. The summed E-state index contributed by atoms with van der Waals surface area (Å²) in [5.74, 6) is 2.80. The van der Waals surface area contributed by atoms with E-state index in [2.05, 4.69) is 10.1 Å². The molecule has 4 aliphatic carbocycles. The summed E-state index contributed by atoms with van der Waals surface area (Å²) in [5, 5.41) is 12.7. The minimum atomic E-state index is 0.491. The first-order valence-electron chi connectivity index (χ1n) is 6.00. The summed E-state index contributed by atoms with van der Waals surface area (Å²) in [7, 11) is 1.84. The molecular weight excluding hydrogens is 188 g/mol. The summed E-state index contributed by atoms with van der Waals surface area (Å²) in [4.78, 5) is 4.38. The molecule has 0 aromatic rings. The highest BCUT2D eigenvalue weighted by atomic mass is 16.4. The topological polar surface area (TPSA) is 45.0 Å². The predicted molar refractivity (Wildman–Crippen MR) is 59.6 cm³/mol. The highest BCUT2D eigenvalue weighted by molar-refractivity contribution is 6.44. The average molecular weight is 206 g/mol. The van der Waals surface area contributed by atoms with Gasteiger partial charge in [0.05, 0.1) is 5.71 Å². The van der Waals surface area contributed by atoms with E-state index in [9.17, 15) is 5.21 Å². The first-order chi connectivity index (χ1) is 7.31. The van der Waals surface area contributed by atoms with Gasteiger partial charge >= 0.3 is 0 Å². The summed E-state index contributed by atoms with van der Waals surface area (Å²) in [6.07, 6.45) is 6.41. The molecule has 4 fully saturated rings. The molecule has 4 bridgehead atoms. The third kappa shape index (κ3) is 1.32. The fraction of sp³-hybridized carbons (Fsp3) is 0.833. The number of oxime groups is 1. The van der Waals surface area contributed by atoms with E-state index in [1.54, 1.807) is 0 Å². The average Bonchev–Trinajstić information content (AvgIpc) is 2.39. The number of nitrogens with zero attached hydrogens (tertiary/aromatic N) is 2. The first-order valence-corrected chi connectivity index (χ1v) is 6.00. The highest BCUT2D eigenvalue weighted by Gasteiger charge is 2.45. The maximum Gasteiger partial charge on any atom is 0.104 e. The zero-order chi connectivity index (χ0) is 10.4. The largest absolute Gasteiger partial charge is 0.411 e. The fourth-order valence-electron chi connectivity index (χ4n) is 4.15. The SMILES string of the molecule is C/N=C1/C(=N\O)C2CC3CC(C2)CC1C3. The molecule has 4 aliphatic rings. The number of aliphatic imine (C=N–C) groups is 1. The van der Waals surface area contributed by atoms with E-state index < -0.39 is 0 Å². The highest BCUT2D eigenvalue weighted by Crippen LogP contribution is 2.49. The van der Waals surface area contributed by atoms with Crippen LogP contribution in [0.3, 0.4) is 0 Å². The van der Waals surface area contributed by atoms with Crippen molar-refractivity contribution < 1.29 is 5.21 Å². The van der Waals surface area contributed by atoms with Crippen LogP contribution in [0.5, 0.6) is 0 Å². The molecule has 0 amide bonds. The van der Waals surface area contributed by atoms with E-state index in [4.69, 9.17) is 0 Å². The summed E-state index contributed by atoms with van der Waals surface area (Å²) < 4.78 is 0. The molecule has 0 aromatic carbocycles. The lowest BCUT2D eigenvalue weighted by Gasteiger charge is -2.37. The lowest BCUT2D eigenvalue weighted by Crippen LogP contribution is -2.28. The molecule has 0 aliphatic heterocycles. The maximum absolute atomic E-state index is 9.17. The smallest absolute Gasteiger partial charge is 0.104 e. The van der Waals surface area contributed by atoms with Gasteiger partial charge in [0.15, 0.2) is 0 Å². The van der Waals surface area contributed by atoms with Crippen molar-refractivity contribution in [1.82, 2.24) is 0 Å². The maximum atomic E-state index is 9.17. The molecular formula is C12H18N2O. The van der Waals surface area contributed by atoms with Crippen molar-refractivity contribution >= 4 is 11.4 Å². The number of hydrogen-bond acceptors (Lipinski definition) is 3.